The van der Waals surface area contributed by atoms with E-state index in [2.05, 4.69) is 51.6 Å². The third-order valence-electron chi connectivity index (χ3n) is 5.44. The standard InChI is InChI=1S/C24H25N5O/c1-16-9-11-20(12-10-16)23(19-7-5-4-6-8-19)28-22(30)14-13-21-17(2)27-24-25-15-26-29(24)18(21)3/h4-12,15,23H,13-14H2,1-3H3,(H,28,30). The maximum atomic E-state index is 12.9. The van der Waals surface area contributed by atoms with Crippen molar-refractivity contribution in [2.45, 2.75) is 39.7 Å². The third-order valence-corrected chi connectivity index (χ3v) is 5.44. The van der Waals surface area contributed by atoms with Crippen molar-refractivity contribution >= 4 is 11.7 Å². The van der Waals surface area contributed by atoms with E-state index in [1.165, 1.54) is 11.9 Å². The lowest BCUT2D eigenvalue weighted by atomic mass is 9.97. The number of hydrogen-bond acceptors (Lipinski definition) is 4. The third kappa shape index (κ3) is 4.08. The summed E-state index contributed by atoms with van der Waals surface area (Å²) in [7, 11) is 0. The lowest BCUT2D eigenvalue weighted by Crippen LogP contribution is -2.29. The second-order valence-electron chi connectivity index (χ2n) is 7.55. The number of carbonyl (C=O) groups excluding carboxylic acids is 1. The summed E-state index contributed by atoms with van der Waals surface area (Å²) in [6.07, 6.45) is 2.47. The molecule has 0 radical (unpaired) electrons. The summed E-state index contributed by atoms with van der Waals surface area (Å²) in [4.78, 5) is 21.6. The van der Waals surface area contributed by atoms with Crippen LogP contribution in [0.15, 0.2) is 60.9 Å². The molecule has 0 aliphatic rings. The monoisotopic (exact) mass is 399 g/mol. The summed E-state index contributed by atoms with van der Waals surface area (Å²) >= 11 is 0. The zero-order valence-corrected chi connectivity index (χ0v) is 17.5. The molecular weight excluding hydrogens is 374 g/mol. The SMILES string of the molecule is Cc1ccc(C(NC(=O)CCc2c(C)nc3ncnn3c2C)c2ccccc2)cc1. The number of aryl methyl sites for hydroxylation is 3. The van der Waals surface area contributed by atoms with E-state index in [0.717, 1.165) is 28.1 Å². The molecule has 2 aromatic carbocycles. The molecule has 1 amide bonds. The molecule has 0 aliphatic carbocycles. The zero-order chi connectivity index (χ0) is 21.1. The fraction of sp³-hybridized carbons (Fsp3) is 0.250. The van der Waals surface area contributed by atoms with Crippen LogP contribution < -0.4 is 5.32 Å². The van der Waals surface area contributed by atoms with E-state index in [0.29, 0.717) is 18.6 Å². The van der Waals surface area contributed by atoms with Crippen molar-refractivity contribution in [2.24, 2.45) is 0 Å². The normalized spacial score (nSPS) is 12.1. The Morgan fingerprint density at radius 2 is 1.70 bits per heavy atom. The molecule has 6 heteroatoms. The highest BCUT2D eigenvalue weighted by Gasteiger charge is 2.18. The summed E-state index contributed by atoms with van der Waals surface area (Å²) in [5.74, 6) is 0.587. The smallest absolute Gasteiger partial charge is 0.252 e. The number of amides is 1. The Morgan fingerprint density at radius 3 is 2.43 bits per heavy atom. The lowest BCUT2D eigenvalue weighted by molar-refractivity contribution is -0.121. The van der Waals surface area contributed by atoms with Gasteiger partial charge in [-0.1, -0.05) is 60.2 Å². The number of fused-ring (bicyclic) bond motifs is 1. The van der Waals surface area contributed by atoms with Crippen molar-refractivity contribution in [1.82, 2.24) is 24.9 Å². The minimum Gasteiger partial charge on any atom is -0.345 e. The molecule has 0 bridgehead atoms. The first-order chi connectivity index (χ1) is 14.5. The number of benzene rings is 2. The van der Waals surface area contributed by atoms with E-state index in [1.807, 2.05) is 44.2 Å². The first-order valence-electron chi connectivity index (χ1n) is 10.1. The number of hydrogen-bond donors (Lipinski definition) is 1. The minimum absolute atomic E-state index is 0.00177. The van der Waals surface area contributed by atoms with Crippen molar-refractivity contribution in [3.05, 3.63) is 94.6 Å². The quantitative estimate of drug-likeness (QED) is 0.534. The molecular formula is C24H25N5O. The van der Waals surface area contributed by atoms with Crippen LogP contribution in [0.3, 0.4) is 0 Å². The lowest BCUT2D eigenvalue weighted by Gasteiger charge is -2.20. The second kappa shape index (κ2) is 8.45. The minimum atomic E-state index is -0.183. The van der Waals surface area contributed by atoms with Crippen LogP contribution in [-0.2, 0) is 11.2 Å². The molecule has 6 nitrogen and oxygen atoms in total. The van der Waals surface area contributed by atoms with E-state index in [1.54, 1.807) is 4.52 Å². The van der Waals surface area contributed by atoms with Gasteiger partial charge >= 0.3 is 0 Å². The maximum absolute atomic E-state index is 12.9. The molecule has 0 saturated heterocycles. The van der Waals surface area contributed by atoms with E-state index < -0.39 is 0 Å². The highest BCUT2D eigenvalue weighted by atomic mass is 16.1. The zero-order valence-electron chi connectivity index (χ0n) is 17.5. The topological polar surface area (TPSA) is 72.2 Å². The van der Waals surface area contributed by atoms with Crippen LogP contribution in [0.5, 0.6) is 0 Å². The van der Waals surface area contributed by atoms with Gasteiger partial charge in [-0.05, 0) is 43.9 Å². The van der Waals surface area contributed by atoms with Crippen molar-refractivity contribution in [3.8, 4) is 0 Å². The average molecular weight is 399 g/mol. The molecule has 152 valence electrons. The first kappa shape index (κ1) is 19.8. The van der Waals surface area contributed by atoms with Crippen molar-refractivity contribution in [3.63, 3.8) is 0 Å². The fourth-order valence-electron chi connectivity index (χ4n) is 3.75. The Balaban J connectivity index is 1.53. The highest BCUT2D eigenvalue weighted by Crippen LogP contribution is 2.23. The maximum Gasteiger partial charge on any atom is 0.252 e. The van der Waals surface area contributed by atoms with E-state index in [-0.39, 0.29) is 11.9 Å². The number of nitrogens with zero attached hydrogens (tertiary/aromatic N) is 4. The molecule has 4 aromatic rings. The summed E-state index contributed by atoms with van der Waals surface area (Å²) in [5.41, 5.74) is 6.22. The van der Waals surface area contributed by atoms with Gasteiger partial charge in [0.25, 0.3) is 5.78 Å². The molecule has 4 rings (SSSR count). The van der Waals surface area contributed by atoms with Gasteiger partial charge < -0.3 is 5.32 Å². The van der Waals surface area contributed by atoms with E-state index in [9.17, 15) is 4.79 Å². The van der Waals surface area contributed by atoms with Gasteiger partial charge in [-0.2, -0.15) is 10.1 Å². The predicted octanol–water partition coefficient (Wildman–Crippen LogP) is 3.89. The van der Waals surface area contributed by atoms with Crippen molar-refractivity contribution < 1.29 is 4.79 Å². The molecule has 2 heterocycles. The summed E-state index contributed by atoms with van der Waals surface area (Å²) in [6, 6.07) is 18.2. The van der Waals surface area contributed by atoms with Crippen LogP contribution in [0.4, 0.5) is 0 Å². The van der Waals surface area contributed by atoms with Crippen LogP contribution in [0.25, 0.3) is 5.78 Å². The summed E-state index contributed by atoms with van der Waals surface area (Å²) in [6.45, 7) is 6.00. The molecule has 2 aromatic heterocycles. The van der Waals surface area contributed by atoms with Crippen molar-refractivity contribution in [2.75, 3.05) is 0 Å². The van der Waals surface area contributed by atoms with Gasteiger partial charge in [-0.25, -0.2) is 9.50 Å². The molecule has 0 aliphatic heterocycles. The number of nitrogens with one attached hydrogen (secondary N) is 1. The van der Waals surface area contributed by atoms with Gasteiger partial charge in [0, 0.05) is 17.8 Å². The van der Waals surface area contributed by atoms with Gasteiger partial charge in [-0.15, -0.1) is 0 Å². The van der Waals surface area contributed by atoms with Crippen molar-refractivity contribution in [1.29, 1.82) is 0 Å². The van der Waals surface area contributed by atoms with Gasteiger partial charge in [-0.3, -0.25) is 4.79 Å². The van der Waals surface area contributed by atoms with Gasteiger partial charge in [0.05, 0.1) is 6.04 Å². The first-order valence-corrected chi connectivity index (χ1v) is 10.1. The van der Waals surface area contributed by atoms with Crippen LogP contribution in [0, 0.1) is 20.8 Å². The molecule has 1 N–H and O–H groups in total. The van der Waals surface area contributed by atoms with E-state index >= 15 is 0 Å². The number of aromatic nitrogens is 4. The number of rotatable bonds is 6. The Morgan fingerprint density at radius 1 is 1.00 bits per heavy atom. The molecule has 1 unspecified atom stereocenters. The van der Waals surface area contributed by atoms with Gasteiger partial charge in [0.15, 0.2) is 0 Å². The Hall–Kier alpha value is -3.54. The summed E-state index contributed by atoms with van der Waals surface area (Å²) < 4.78 is 1.72. The molecule has 0 spiro atoms. The van der Waals surface area contributed by atoms with Gasteiger partial charge in [0.1, 0.15) is 6.33 Å². The Bertz CT molecular complexity index is 1170. The van der Waals surface area contributed by atoms with Crippen LogP contribution in [-0.4, -0.2) is 25.5 Å². The Kier molecular flexibility index (Phi) is 5.57. The predicted molar refractivity (Wildman–Crippen MR) is 116 cm³/mol. The highest BCUT2D eigenvalue weighted by molar-refractivity contribution is 5.77. The van der Waals surface area contributed by atoms with Crippen LogP contribution in [0.1, 0.15) is 46.1 Å². The Labute approximate surface area is 176 Å². The number of carbonyl (C=O) groups is 1. The van der Waals surface area contributed by atoms with Gasteiger partial charge in [0.2, 0.25) is 5.91 Å². The fourth-order valence-corrected chi connectivity index (χ4v) is 3.75. The average Bonchev–Trinajstić information content (AvgIpc) is 3.22. The summed E-state index contributed by atoms with van der Waals surface area (Å²) in [5, 5.41) is 7.44. The van der Waals surface area contributed by atoms with E-state index in [4.69, 9.17) is 0 Å². The van der Waals surface area contributed by atoms with Crippen LogP contribution in [0.2, 0.25) is 0 Å². The molecule has 1 atom stereocenters. The molecule has 0 saturated carbocycles. The largest absolute Gasteiger partial charge is 0.345 e. The van der Waals surface area contributed by atoms with Crippen LogP contribution >= 0.6 is 0 Å². The molecule has 0 fully saturated rings. The second-order valence-corrected chi connectivity index (χ2v) is 7.55. The molecule has 30 heavy (non-hydrogen) atoms.